The molecular formula is C20H19N3O3. The monoisotopic (exact) mass is 349 g/mol. The minimum Gasteiger partial charge on any atom is -0.461 e. The van der Waals surface area contributed by atoms with E-state index in [1.54, 1.807) is 14.0 Å². The lowest BCUT2D eigenvalue weighted by Gasteiger charge is -2.05. The maximum Gasteiger partial charge on any atom is 0.356 e. The van der Waals surface area contributed by atoms with Gasteiger partial charge in [-0.25, -0.2) is 4.79 Å². The highest BCUT2D eigenvalue weighted by Crippen LogP contribution is 2.21. The normalized spacial score (nSPS) is 10.4. The fourth-order valence-electron chi connectivity index (χ4n) is 2.55. The number of esters is 1. The van der Waals surface area contributed by atoms with Crippen molar-refractivity contribution < 1.29 is 14.3 Å². The van der Waals surface area contributed by atoms with Gasteiger partial charge < -0.3 is 10.1 Å². The first kappa shape index (κ1) is 17.4. The lowest BCUT2D eigenvalue weighted by atomic mass is 10.1. The summed E-state index contributed by atoms with van der Waals surface area (Å²) in [5.74, 6) is -0.891. The predicted octanol–water partition coefficient (Wildman–Crippen LogP) is 3.52. The summed E-state index contributed by atoms with van der Waals surface area (Å²) in [5.41, 5.74) is 3.21. The van der Waals surface area contributed by atoms with Gasteiger partial charge in [0.15, 0.2) is 5.69 Å². The lowest BCUT2D eigenvalue weighted by molar-refractivity contribution is 0.0513. The summed E-state index contributed by atoms with van der Waals surface area (Å²) in [4.78, 5) is 24.2. The summed E-state index contributed by atoms with van der Waals surface area (Å²) in [6.45, 7) is 1.99. The van der Waals surface area contributed by atoms with Crippen molar-refractivity contribution in [1.29, 1.82) is 0 Å². The van der Waals surface area contributed by atoms with Crippen molar-refractivity contribution in [3.05, 3.63) is 72.1 Å². The van der Waals surface area contributed by atoms with Crippen molar-refractivity contribution in [1.82, 2.24) is 9.78 Å². The fraction of sp³-hybridized carbons (Fsp3) is 0.150. The average molecular weight is 349 g/mol. The van der Waals surface area contributed by atoms with Crippen LogP contribution in [-0.4, -0.2) is 28.3 Å². The Bertz CT molecular complexity index is 915. The topological polar surface area (TPSA) is 73.2 Å². The number of carbonyl (C=O) groups is 2. The molecule has 0 spiro atoms. The molecule has 0 saturated heterocycles. The predicted molar refractivity (Wildman–Crippen MR) is 99.0 cm³/mol. The molecule has 0 aliphatic carbocycles. The van der Waals surface area contributed by atoms with Crippen LogP contribution in [0.4, 0.5) is 5.69 Å². The van der Waals surface area contributed by atoms with E-state index < -0.39 is 5.97 Å². The number of aromatic nitrogens is 2. The quantitative estimate of drug-likeness (QED) is 0.715. The van der Waals surface area contributed by atoms with Crippen molar-refractivity contribution in [2.75, 3.05) is 11.9 Å². The van der Waals surface area contributed by atoms with Gasteiger partial charge in [-0.15, -0.1) is 0 Å². The largest absolute Gasteiger partial charge is 0.461 e. The van der Waals surface area contributed by atoms with Gasteiger partial charge in [-0.05, 0) is 30.2 Å². The highest BCUT2D eigenvalue weighted by molar-refractivity contribution is 6.04. The van der Waals surface area contributed by atoms with E-state index in [2.05, 4.69) is 10.4 Å². The van der Waals surface area contributed by atoms with Crippen LogP contribution in [0.15, 0.2) is 60.7 Å². The van der Waals surface area contributed by atoms with Gasteiger partial charge in [-0.2, -0.15) is 5.10 Å². The summed E-state index contributed by atoms with van der Waals surface area (Å²) in [5, 5.41) is 6.86. The maximum atomic E-state index is 12.4. The van der Waals surface area contributed by atoms with Gasteiger partial charge in [0.05, 0.1) is 6.61 Å². The molecule has 1 amide bonds. The molecule has 0 bridgehead atoms. The Labute approximate surface area is 151 Å². The molecule has 0 aliphatic rings. The van der Waals surface area contributed by atoms with E-state index in [9.17, 15) is 9.59 Å². The second-order valence-corrected chi connectivity index (χ2v) is 5.66. The third-order valence-electron chi connectivity index (χ3n) is 3.85. The number of nitrogens with zero attached hydrogens (tertiary/aromatic N) is 2. The van der Waals surface area contributed by atoms with Crippen molar-refractivity contribution in [3.63, 3.8) is 0 Å². The smallest absolute Gasteiger partial charge is 0.356 e. The van der Waals surface area contributed by atoms with E-state index >= 15 is 0 Å². The molecule has 26 heavy (non-hydrogen) atoms. The molecular weight excluding hydrogens is 330 g/mol. The van der Waals surface area contributed by atoms with Crippen LogP contribution in [-0.2, 0) is 11.8 Å². The maximum absolute atomic E-state index is 12.4. The second kappa shape index (κ2) is 7.65. The summed E-state index contributed by atoms with van der Waals surface area (Å²) in [6.07, 6.45) is 0. The van der Waals surface area contributed by atoms with Crippen molar-refractivity contribution >= 4 is 17.6 Å². The standard InChI is InChI=1S/C20H19N3O3/c1-3-26-20(25)18-13-17(22-23(18)2)19(24)21-16-11-9-15(10-12-16)14-7-5-4-6-8-14/h4-13H,3H2,1-2H3,(H,21,24). The number of rotatable bonds is 5. The molecule has 0 saturated carbocycles. The van der Waals surface area contributed by atoms with Crippen molar-refractivity contribution in [3.8, 4) is 11.1 Å². The van der Waals surface area contributed by atoms with E-state index in [1.165, 1.54) is 10.7 Å². The number of hydrogen-bond acceptors (Lipinski definition) is 4. The first-order chi connectivity index (χ1) is 12.6. The summed E-state index contributed by atoms with van der Waals surface area (Å²) >= 11 is 0. The van der Waals surface area contributed by atoms with Crippen LogP contribution in [0.3, 0.4) is 0 Å². The van der Waals surface area contributed by atoms with Gasteiger partial charge >= 0.3 is 5.97 Å². The zero-order valence-electron chi connectivity index (χ0n) is 14.6. The van der Waals surface area contributed by atoms with E-state index in [0.29, 0.717) is 5.69 Å². The number of benzene rings is 2. The van der Waals surface area contributed by atoms with Gasteiger partial charge in [-0.1, -0.05) is 42.5 Å². The van der Waals surface area contributed by atoms with E-state index in [4.69, 9.17) is 4.74 Å². The fourth-order valence-corrected chi connectivity index (χ4v) is 2.55. The van der Waals surface area contributed by atoms with Crippen molar-refractivity contribution in [2.24, 2.45) is 7.05 Å². The van der Waals surface area contributed by atoms with Gasteiger partial charge in [0.1, 0.15) is 5.69 Å². The number of carbonyl (C=O) groups excluding carboxylic acids is 2. The molecule has 0 atom stereocenters. The first-order valence-electron chi connectivity index (χ1n) is 8.26. The average Bonchev–Trinajstić information content (AvgIpc) is 3.05. The molecule has 0 unspecified atom stereocenters. The lowest BCUT2D eigenvalue weighted by Crippen LogP contribution is -2.13. The molecule has 6 heteroatoms. The summed E-state index contributed by atoms with van der Waals surface area (Å²) < 4.78 is 6.28. The zero-order valence-corrected chi connectivity index (χ0v) is 14.6. The minimum atomic E-state index is -0.506. The highest BCUT2D eigenvalue weighted by Gasteiger charge is 2.18. The van der Waals surface area contributed by atoms with Gasteiger partial charge in [-0.3, -0.25) is 9.48 Å². The molecule has 132 valence electrons. The zero-order chi connectivity index (χ0) is 18.5. The first-order valence-corrected chi connectivity index (χ1v) is 8.26. The van der Waals surface area contributed by atoms with Crippen LogP contribution in [0.25, 0.3) is 11.1 Å². The van der Waals surface area contributed by atoms with Crippen LogP contribution in [0.1, 0.15) is 27.9 Å². The Morgan fingerprint density at radius 3 is 2.35 bits per heavy atom. The van der Waals surface area contributed by atoms with Crippen LogP contribution in [0.5, 0.6) is 0 Å². The number of aryl methyl sites for hydroxylation is 1. The highest BCUT2D eigenvalue weighted by atomic mass is 16.5. The summed E-state index contributed by atoms with van der Waals surface area (Å²) in [7, 11) is 1.59. The Balaban J connectivity index is 1.72. The molecule has 3 rings (SSSR count). The second-order valence-electron chi connectivity index (χ2n) is 5.66. The Kier molecular flexibility index (Phi) is 5.12. The van der Waals surface area contributed by atoms with Crippen LogP contribution < -0.4 is 5.32 Å². The third-order valence-corrected chi connectivity index (χ3v) is 3.85. The summed E-state index contributed by atoms with van der Waals surface area (Å²) in [6, 6.07) is 18.9. The molecule has 0 aliphatic heterocycles. The molecule has 0 fully saturated rings. The molecule has 1 heterocycles. The third kappa shape index (κ3) is 3.80. The van der Waals surface area contributed by atoms with Crippen LogP contribution >= 0.6 is 0 Å². The van der Waals surface area contributed by atoms with E-state index in [0.717, 1.165) is 11.1 Å². The van der Waals surface area contributed by atoms with Crippen LogP contribution in [0, 0.1) is 0 Å². The molecule has 6 nitrogen and oxygen atoms in total. The number of nitrogens with one attached hydrogen (secondary N) is 1. The van der Waals surface area contributed by atoms with Crippen molar-refractivity contribution in [2.45, 2.75) is 6.92 Å². The Hall–Kier alpha value is -3.41. The number of amides is 1. The van der Waals surface area contributed by atoms with E-state index in [-0.39, 0.29) is 23.9 Å². The number of anilines is 1. The number of ether oxygens (including phenoxy) is 1. The molecule has 3 aromatic rings. The van der Waals surface area contributed by atoms with E-state index in [1.807, 2.05) is 54.6 Å². The van der Waals surface area contributed by atoms with Gasteiger partial charge in [0.2, 0.25) is 0 Å². The molecule has 0 radical (unpaired) electrons. The van der Waals surface area contributed by atoms with Gasteiger partial charge in [0, 0.05) is 18.8 Å². The SMILES string of the molecule is CCOC(=O)c1cc(C(=O)Nc2ccc(-c3ccccc3)cc2)nn1C. The molecule has 1 N–H and O–H groups in total. The molecule has 1 aromatic heterocycles. The van der Waals surface area contributed by atoms with Crippen LogP contribution in [0.2, 0.25) is 0 Å². The molecule has 2 aromatic carbocycles. The Morgan fingerprint density at radius 1 is 1.04 bits per heavy atom. The Morgan fingerprint density at radius 2 is 1.69 bits per heavy atom. The van der Waals surface area contributed by atoms with Gasteiger partial charge in [0.25, 0.3) is 5.91 Å². The minimum absolute atomic E-state index is 0.155. The number of hydrogen-bond donors (Lipinski definition) is 1.